The molecule has 0 radical (unpaired) electrons. The number of ether oxygens (including phenoxy) is 2. The van der Waals surface area contributed by atoms with E-state index in [0.29, 0.717) is 19.6 Å². The number of unbranched alkanes of at least 4 members (excludes halogenated alkanes) is 12. The summed E-state index contributed by atoms with van der Waals surface area (Å²) in [5, 5.41) is 0. The Morgan fingerprint density at radius 2 is 1.16 bits per heavy atom. The predicted octanol–water partition coefficient (Wildman–Crippen LogP) is 6.83. The van der Waals surface area contributed by atoms with Crippen LogP contribution < -0.4 is 0 Å². The van der Waals surface area contributed by atoms with Gasteiger partial charge in [-0.25, -0.2) is 0 Å². The molecule has 25 heavy (non-hydrogen) atoms. The van der Waals surface area contributed by atoms with Crippen molar-refractivity contribution < 1.29 is 14.3 Å². The molecule has 0 atom stereocenters. The Labute approximate surface area is 157 Å². The molecule has 0 aliphatic heterocycles. The number of rotatable bonds is 19. The molecule has 150 valence electrons. The van der Waals surface area contributed by atoms with Gasteiger partial charge in [-0.05, 0) is 20.3 Å². The first-order chi connectivity index (χ1) is 12.2. The molecule has 0 rings (SSSR count). The molecule has 0 amide bonds. The minimum atomic E-state index is -0.0485. The van der Waals surface area contributed by atoms with Crippen molar-refractivity contribution in [2.45, 2.75) is 123 Å². The normalized spacial score (nSPS) is 11.2. The van der Waals surface area contributed by atoms with Crippen LogP contribution in [0.4, 0.5) is 0 Å². The van der Waals surface area contributed by atoms with Gasteiger partial charge in [-0.1, -0.05) is 84.0 Å². The molecule has 0 unspecified atom stereocenters. The summed E-state index contributed by atoms with van der Waals surface area (Å²) >= 11 is 0. The highest BCUT2D eigenvalue weighted by molar-refractivity contribution is 5.69. The van der Waals surface area contributed by atoms with Gasteiger partial charge in [0.2, 0.25) is 0 Å². The van der Waals surface area contributed by atoms with Crippen LogP contribution >= 0.6 is 0 Å². The minimum absolute atomic E-state index is 0.0485. The first-order valence-electron chi connectivity index (χ1n) is 10.9. The van der Waals surface area contributed by atoms with E-state index >= 15 is 0 Å². The van der Waals surface area contributed by atoms with Gasteiger partial charge in [0.15, 0.2) is 0 Å². The third kappa shape index (κ3) is 21.4. The second kappa shape index (κ2) is 19.8. The van der Waals surface area contributed by atoms with Crippen LogP contribution in [0.15, 0.2) is 0 Å². The van der Waals surface area contributed by atoms with Gasteiger partial charge in [-0.3, -0.25) is 4.79 Å². The van der Waals surface area contributed by atoms with Crippen molar-refractivity contribution in [2.75, 3.05) is 13.2 Å². The molecule has 0 N–H and O–H groups in total. The Balaban J connectivity index is 3.13. The van der Waals surface area contributed by atoms with Gasteiger partial charge >= 0.3 is 5.97 Å². The highest BCUT2D eigenvalue weighted by Crippen LogP contribution is 2.13. The van der Waals surface area contributed by atoms with E-state index in [1.807, 2.05) is 13.8 Å². The minimum Gasteiger partial charge on any atom is -0.466 e. The van der Waals surface area contributed by atoms with Crippen LogP contribution in [0.5, 0.6) is 0 Å². The molecule has 3 nitrogen and oxygen atoms in total. The largest absolute Gasteiger partial charge is 0.466 e. The topological polar surface area (TPSA) is 35.5 Å². The summed E-state index contributed by atoms with van der Waals surface area (Å²) in [5.41, 5.74) is 0. The molecule has 0 bridgehead atoms. The van der Waals surface area contributed by atoms with Crippen molar-refractivity contribution in [1.82, 2.24) is 0 Å². The van der Waals surface area contributed by atoms with E-state index in [2.05, 4.69) is 6.92 Å². The first kappa shape index (κ1) is 24.4. The van der Waals surface area contributed by atoms with Crippen LogP contribution in [0.2, 0.25) is 0 Å². The summed E-state index contributed by atoms with van der Waals surface area (Å²) in [6, 6.07) is 0. The lowest BCUT2D eigenvalue weighted by atomic mass is 10.0. The zero-order valence-electron chi connectivity index (χ0n) is 17.3. The molecule has 0 heterocycles. The second-order valence-electron chi connectivity index (χ2n) is 7.49. The number of carbonyl (C=O) groups is 1. The molecule has 0 saturated carbocycles. The Morgan fingerprint density at radius 1 is 0.680 bits per heavy atom. The van der Waals surface area contributed by atoms with Crippen LogP contribution in [-0.2, 0) is 14.3 Å². The van der Waals surface area contributed by atoms with Crippen molar-refractivity contribution >= 4 is 5.97 Å². The van der Waals surface area contributed by atoms with Gasteiger partial charge in [-0.2, -0.15) is 0 Å². The maximum atomic E-state index is 11.6. The fraction of sp³-hybridized carbons (Fsp3) is 0.955. The molecular formula is C22H44O3. The highest BCUT2D eigenvalue weighted by Gasteiger charge is 2.02. The smallest absolute Gasteiger partial charge is 0.305 e. The van der Waals surface area contributed by atoms with Gasteiger partial charge in [0.1, 0.15) is 0 Å². The van der Waals surface area contributed by atoms with E-state index < -0.39 is 0 Å². The summed E-state index contributed by atoms with van der Waals surface area (Å²) in [5.74, 6) is -0.0485. The summed E-state index contributed by atoms with van der Waals surface area (Å²) in [6.45, 7) is 7.46. The molecule has 0 saturated heterocycles. The number of esters is 1. The Kier molecular flexibility index (Phi) is 19.3. The van der Waals surface area contributed by atoms with E-state index in [1.54, 1.807) is 0 Å². The SMILES string of the molecule is CCCCCCCCCCCCCCCC(=O)OCCCOC(C)C. The number of carbonyl (C=O) groups excluding carboxylic acids is 1. The van der Waals surface area contributed by atoms with Crippen molar-refractivity contribution in [3.05, 3.63) is 0 Å². The average Bonchev–Trinajstić information content (AvgIpc) is 2.58. The van der Waals surface area contributed by atoms with Crippen LogP contribution in [-0.4, -0.2) is 25.3 Å². The van der Waals surface area contributed by atoms with Crippen molar-refractivity contribution in [3.8, 4) is 0 Å². The molecular weight excluding hydrogens is 312 g/mol. The lowest BCUT2D eigenvalue weighted by Crippen LogP contribution is -2.10. The van der Waals surface area contributed by atoms with Gasteiger partial charge in [0.05, 0.1) is 19.3 Å². The van der Waals surface area contributed by atoms with Crippen molar-refractivity contribution in [2.24, 2.45) is 0 Å². The Morgan fingerprint density at radius 3 is 1.64 bits per heavy atom. The van der Waals surface area contributed by atoms with Crippen LogP contribution in [0.3, 0.4) is 0 Å². The number of hydrogen-bond acceptors (Lipinski definition) is 3. The standard InChI is InChI=1S/C22H44O3/c1-4-5-6-7-8-9-10-11-12-13-14-15-16-18-22(23)25-20-17-19-24-21(2)3/h21H,4-20H2,1-3H3. The monoisotopic (exact) mass is 356 g/mol. The molecule has 3 heteroatoms. The molecule has 0 aliphatic carbocycles. The third-order valence-corrected chi connectivity index (χ3v) is 4.49. The quantitative estimate of drug-likeness (QED) is 0.188. The molecule has 0 spiro atoms. The fourth-order valence-electron chi connectivity index (χ4n) is 2.92. The van der Waals surface area contributed by atoms with Gasteiger partial charge in [0.25, 0.3) is 0 Å². The predicted molar refractivity (Wildman–Crippen MR) is 107 cm³/mol. The molecule has 0 fully saturated rings. The maximum Gasteiger partial charge on any atom is 0.305 e. The van der Waals surface area contributed by atoms with Gasteiger partial charge in [0, 0.05) is 12.8 Å². The van der Waals surface area contributed by atoms with Gasteiger partial charge < -0.3 is 9.47 Å². The molecule has 0 aliphatic rings. The molecule has 0 aromatic rings. The van der Waals surface area contributed by atoms with Gasteiger partial charge in [-0.15, -0.1) is 0 Å². The Bertz CT molecular complexity index is 276. The summed E-state index contributed by atoms with van der Waals surface area (Å²) in [4.78, 5) is 11.6. The van der Waals surface area contributed by atoms with Crippen molar-refractivity contribution in [3.63, 3.8) is 0 Å². The zero-order valence-corrected chi connectivity index (χ0v) is 17.3. The molecule has 0 aromatic heterocycles. The first-order valence-corrected chi connectivity index (χ1v) is 10.9. The Hall–Kier alpha value is -0.570. The van der Waals surface area contributed by atoms with E-state index in [4.69, 9.17) is 9.47 Å². The average molecular weight is 357 g/mol. The number of hydrogen-bond donors (Lipinski definition) is 0. The summed E-state index contributed by atoms with van der Waals surface area (Å²) in [6.07, 6.45) is 18.9. The van der Waals surface area contributed by atoms with Crippen molar-refractivity contribution in [1.29, 1.82) is 0 Å². The second-order valence-corrected chi connectivity index (χ2v) is 7.49. The third-order valence-electron chi connectivity index (χ3n) is 4.49. The van der Waals surface area contributed by atoms with Crippen LogP contribution in [0.1, 0.15) is 117 Å². The lowest BCUT2D eigenvalue weighted by molar-refractivity contribution is -0.144. The summed E-state index contributed by atoms with van der Waals surface area (Å²) < 4.78 is 10.6. The lowest BCUT2D eigenvalue weighted by Gasteiger charge is -2.08. The van der Waals surface area contributed by atoms with E-state index in [9.17, 15) is 4.79 Å². The zero-order chi connectivity index (χ0) is 18.6. The van der Waals surface area contributed by atoms with Crippen LogP contribution in [0, 0.1) is 0 Å². The summed E-state index contributed by atoms with van der Waals surface area (Å²) in [7, 11) is 0. The van der Waals surface area contributed by atoms with Crippen LogP contribution in [0.25, 0.3) is 0 Å². The van der Waals surface area contributed by atoms with E-state index in [0.717, 1.165) is 19.3 Å². The fourth-order valence-corrected chi connectivity index (χ4v) is 2.92. The van der Waals surface area contributed by atoms with E-state index in [1.165, 1.54) is 70.6 Å². The highest BCUT2D eigenvalue weighted by atomic mass is 16.5. The molecule has 0 aromatic carbocycles. The maximum absolute atomic E-state index is 11.6. The van der Waals surface area contributed by atoms with E-state index in [-0.39, 0.29) is 12.1 Å².